The van der Waals surface area contributed by atoms with Gasteiger partial charge >= 0.3 is 0 Å². The van der Waals surface area contributed by atoms with Crippen molar-refractivity contribution in [1.82, 2.24) is 20.4 Å². The van der Waals surface area contributed by atoms with Gasteiger partial charge in [-0.15, -0.1) is 24.0 Å². The molecule has 0 saturated carbocycles. The molecular formula is C20H32IN5O2. The van der Waals surface area contributed by atoms with Crippen LogP contribution in [0.25, 0.3) is 0 Å². The lowest BCUT2D eigenvalue weighted by atomic mass is 10.1. The van der Waals surface area contributed by atoms with E-state index in [4.69, 9.17) is 4.74 Å². The molecule has 8 heteroatoms. The Hall–Kier alpha value is -1.39. The average Bonchev–Trinajstić information content (AvgIpc) is 3.10. The van der Waals surface area contributed by atoms with Crippen molar-refractivity contribution in [2.75, 3.05) is 53.0 Å². The highest BCUT2D eigenvalue weighted by molar-refractivity contribution is 14.0. The van der Waals surface area contributed by atoms with E-state index in [1.807, 2.05) is 4.90 Å². The number of aliphatic imine (C=N–C) groups is 1. The third kappa shape index (κ3) is 7.21. The molecule has 1 aromatic carbocycles. The summed E-state index contributed by atoms with van der Waals surface area (Å²) < 4.78 is 5.37. The minimum absolute atomic E-state index is 0. The van der Waals surface area contributed by atoms with Crippen LogP contribution in [0, 0.1) is 0 Å². The number of guanidine groups is 1. The monoisotopic (exact) mass is 501 g/mol. The van der Waals surface area contributed by atoms with Crippen LogP contribution in [0.2, 0.25) is 0 Å². The number of rotatable bonds is 7. The first kappa shape index (κ1) is 22.9. The predicted octanol–water partition coefficient (Wildman–Crippen LogP) is 1.42. The first-order chi connectivity index (χ1) is 13.2. The van der Waals surface area contributed by atoms with Crippen molar-refractivity contribution in [3.05, 3.63) is 35.4 Å². The van der Waals surface area contributed by atoms with Crippen LogP contribution in [0.4, 0.5) is 0 Å². The second kappa shape index (κ2) is 12.2. The van der Waals surface area contributed by atoms with Crippen LogP contribution in [-0.4, -0.2) is 74.7 Å². The summed E-state index contributed by atoms with van der Waals surface area (Å²) in [6, 6.07) is 8.41. The molecule has 0 bridgehead atoms. The Balaban J connectivity index is 0.00000280. The van der Waals surface area contributed by atoms with E-state index in [1.165, 1.54) is 11.1 Å². The summed E-state index contributed by atoms with van der Waals surface area (Å²) in [6.07, 6.45) is 1.67. The molecule has 1 aromatic rings. The van der Waals surface area contributed by atoms with Gasteiger partial charge in [0.2, 0.25) is 5.91 Å². The van der Waals surface area contributed by atoms with Crippen LogP contribution in [0.5, 0.6) is 0 Å². The highest BCUT2D eigenvalue weighted by Gasteiger charge is 2.19. The summed E-state index contributed by atoms with van der Waals surface area (Å²) in [5, 5.41) is 6.74. The molecule has 0 unspecified atom stereocenters. The number of ether oxygens (including phenoxy) is 1. The number of benzene rings is 1. The molecule has 28 heavy (non-hydrogen) atoms. The van der Waals surface area contributed by atoms with Gasteiger partial charge in [-0.1, -0.05) is 24.3 Å². The highest BCUT2D eigenvalue weighted by atomic mass is 127. The van der Waals surface area contributed by atoms with E-state index >= 15 is 0 Å². The maximum atomic E-state index is 11.8. The predicted molar refractivity (Wildman–Crippen MR) is 122 cm³/mol. The van der Waals surface area contributed by atoms with E-state index in [-0.39, 0.29) is 29.9 Å². The van der Waals surface area contributed by atoms with Crippen LogP contribution in [0.1, 0.15) is 24.0 Å². The Morgan fingerprint density at radius 3 is 2.68 bits per heavy atom. The molecule has 0 atom stereocenters. The van der Waals surface area contributed by atoms with Crippen molar-refractivity contribution in [1.29, 1.82) is 0 Å². The van der Waals surface area contributed by atoms with Crippen molar-refractivity contribution in [2.24, 2.45) is 4.99 Å². The normalized spacial score (nSPS) is 18.1. The SMILES string of the molecule is CN=C(NCCN1CCOCC1)NCc1cccc(CN2CCCC2=O)c1.I. The van der Waals surface area contributed by atoms with E-state index in [0.717, 1.165) is 58.3 Å². The molecule has 7 nitrogen and oxygen atoms in total. The molecule has 2 aliphatic rings. The van der Waals surface area contributed by atoms with Gasteiger partial charge in [0.15, 0.2) is 5.96 Å². The third-order valence-corrected chi connectivity index (χ3v) is 5.04. The molecular weight excluding hydrogens is 469 g/mol. The number of nitrogens with zero attached hydrogens (tertiary/aromatic N) is 3. The zero-order chi connectivity index (χ0) is 18.9. The molecule has 0 radical (unpaired) electrons. The van der Waals surface area contributed by atoms with Crippen molar-refractivity contribution in [2.45, 2.75) is 25.9 Å². The van der Waals surface area contributed by atoms with Crippen LogP contribution in [0.15, 0.2) is 29.3 Å². The Morgan fingerprint density at radius 1 is 1.18 bits per heavy atom. The number of hydrogen-bond donors (Lipinski definition) is 2. The summed E-state index contributed by atoms with van der Waals surface area (Å²) in [4.78, 5) is 20.4. The highest BCUT2D eigenvalue weighted by Crippen LogP contribution is 2.15. The van der Waals surface area contributed by atoms with Crippen molar-refractivity contribution in [3.63, 3.8) is 0 Å². The molecule has 1 amide bonds. The molecule has 2 N–H and O–H groups in total. The van der Waals surface area contributed by atoms with Gasteiger partial charge in [-0.25, -0.2) is 0 Å². The van der Waals surface area contributed by atoms with Gasteiger partial charge in [0.05, 0.1) is 13.2 Å². The molecule has 0 aromatic heterocycles. The topological polar surface area (TPSA) is 69.2 Å². The van der Waals surface area contributed by atoms with Gasteiger partial charge in [0, 0.05) is 59.3 Å². The summed E-state index contributed by atoms with van der Waals surface area (Å²) in [5.41, 5.74) is 2.37. The minimum Gasteiger partial charge on any atom is -0.379 e. The number of halogens is 1. The number of carbonyl (C=O) groups is 1. The van der Waals surface area contributed by atoms with E-state index in [0.29, 0.717) is 19.5 Å². The fourth-order valence-electron chi connectivity index (χ4n) is 3.49. The maximum absolute atomic E-state index is 11.8. The first-order valence-corrected chi connectivity index (χ1v) is 9.85. The van der Waals surface area contributed by atoms with Gasteiger partial charge in [-0.05, 0) is 17.5 Å². The zero-order valence-electron chi connectivity index (χ0n) is 16.7. The third-order valence-electron chi connectivity index (χ3n) is 5.04. The number of amides is 1. The lowest BCUT2D eigenvalue weighted by Crippen LogP contribution is -2.44. The maximum Gasteiger partial charge on any atom is 0.222 e. The number of hydrogen-bond acceptors (Lipinski definition) is 4. The van der Waals surface area contributed by atoms with E-state index in [9.17, 15) is 4.79 Å². The molecule has 156 valence electrons. The molecule has 3 rings (SSSR count). The fraction of sp³-hybridized carbons (Fsp3) is 0.600. The lowest BCUT2D eigenvalue weighted by molar-refractivity contribution is -0.128. The number of carbonyl (C=O) groups excluding carboxylic acids is 1. The fourth-order valence-corrected chi connectivity index (χ4v) is 3.49. The number of nitrogens with one attached hydrogen (secondary N) is 2. The van der Waals surface area contributed by atoms with E-state index in [2.05, 4.69) is 44.8 Å². The molecule has 2 saturated heterocycles. The summed E-state index contributed by atoms with van der Waals surface area (Å²) in [7, 11) is 1.79. The Labute approximate surface area is 184 Å². The average molecular weight is 501 g/mol. The molecule has 0 aliphatic carbocycles. The molecule has 0 spiro atoms. The summed E-state index contributed by atoms with van der Waals surface area (Å²) in [6.45, 7) is 7.79. The zero-order valence-corrected chi connectivity index (χ0v) is 19.0. The van der Waals surface area contributed by atoms with Crippen LogP contribution >= 0.6 is 24.0 Å². The van der Waals surface area contributed by atoms with Crippen molar-refractivity contribution in [3.8, 4) is 0 Å². The lowest BCUT2D eigenvalue weighted by Gasteiger charge is -2.26. The van der Waals surface area contributed by atoms with Crippen LogP contribution in [0.3, 0.4) is 0 Å². The standard InChI is InChI=1S/C20H31N5O2.HI/c1-21-20(22-7-9-24-10-12-27-13-11-24)23-15-17-4-2-5-18(14-17)16-25-8-3-6-19(25)26;/h2,4-5,14H,3,6-13,15-16H2,1H3,(H2,21,22,23);1H. The number of likely N-dealkylation sites (tertiary alicyclic amines) is 1. The van der Waals surface area contributed by atoms with Gasteiger partial charge in [-0.3, -0.25) is 14.7 Å². The van der Waals surface area contributed by atoms with E-state index < -0.39 is 0 Å². The molecule has 2 heterocycles. The smallest absolute Gasteiger partial charge is 0.222 e. The molecule has 2 aliphatic heterocycles. The van der Waals surface area contributed by atoms with Gasteiger partial charge in [0.25, 0.3) is 0 Å². The van der Waals surface area contributed by atoms with Gasteiger partial charge < -0.3 is 20.3 Å². The van der Waals surface area contributed by atoms with E-state index in [1.54, 1.807) is 7.05 Å². The summed E-state index contributed by atoms with van der Waals surface area (Å²) >= 11 is 0. The van der Waals surface area contributed by atoms with Gasteiger partial charge in [0.1, 0.15) is 0 Å². The van der Waals surface area contributed by atoms with Crippen LogP contribution < -0.4 is 10.6 Å². The second-order valence-corrected chi connectivity index (χ2v) is 7.05. The largest absolute Gasteiger partial charge is 0.379 e. The van der Waals surface area contributed by atoms with Crippen molar-refractivity contribution >= 4 is 35.8 Å². The van der Waals surface area contributed by atoms with Crippen LogP contribution in [-0.2, 0) is 22.6 Å². The second-order valence-electron chi connectivity index (χ2n) is 7.05. The Morgan fingerprint density at radius 2 is 1.96 bits per heavy atom. The first-order valence-electron chi connectivity index (χ1n) is 9.85. The number of morpholine rings is 1. The minimum atomic E-state index is 0. The molecule has 2 fully saturated rings. The summed E-state index contributed by atoms with van der Waals surface area (Å²) in [5.74, 6) is 1.08. The van der Waals surface area contributed by atoms with Crippen molar-refractivity contribution < 1.29 is 9.53 Å². The Bertz CT molecular complexity index is 649. The Kier molecular flexibility index (Phi) is 10.0. The quantitative estimate of drug-likeness (QED) is 0.336. The van der Waals surface area contributed by atoms with Gasteiger partial charge in [-0.2, -0.15) is 0 Å².